The van der Waals surface area contributed by atoms with Crippen molar-refractivity contribution < 1.29 is 9.90 Å². The van der Waals surface area contributed by atoms with E-state index in [-0.39, 0.29) is 5.56 Å². The summed E-state index contributed by atoms with van der Waals surface area (Å²) in [5.74, 6) is -1.03. The molecule has 4 aromatic rings. The predicted octanol–water partition coefficient (Wildman–Crippen LogP) is 6.98. The van der Waals surface area contributed by atoms with E-state index in [1.165, 1.54) is 6.20 Å². The SMILES string of the molecule is Cc1ccccc1N(C)c1c(C(=O)O)cnc2c(-c3cc(Cl)cc(Cl)c3)cccc12. The minimum atomic E-state index is -1.03. The summed E-state index contributed by atoms with van der Waals surface area (Å²) in [6, 6.07) is 18.9. The van der Waals surface area contributed by atoms with Gasteiger partial charge >= 0.3 is 5.97 Å². The average Bonchev–Trinajstić information content (AvgIpc) is 2.71. The molecule has 0 fully saturated rings. The number of nitrogens with zero attached hydrogens (tertiary/aromatic N) is 2. The van der Waals surface area contributed by atoms with Crippen molar-refractivity contribution in [3.05, 3.63) is 88.0 Å². The Morgan fingerprint density at radius 3 is 2.37 bits per heavy atom. The number of benzene rings is 3. The second-order valence-corrected chi connectivity index (χ2v) is 7.90. The van der Waals surface area contributed by atoms with Crippen LogP contribution in [0.5, 0.6) is 0 Å². The summed E-state index contributed by atoms with van der Waals surface area (Å²) < 4.78 is 0. The molecule has 1 N–H and O–H groups in total. The van der Waals surface area contributed by atoms with Gasteiger partial charge < -0.3 is 10.0 Å². The van der Waals surface area contributed by atoms with Crippen molar-refractivity contribution in [3.63, 3.8) is 0 Å². The first-order valence-corrected chi connectivity index (χ1v) is 10.0. The van der Waals surface area contributed by atoms with Crippen LogP contribution in [0.25, 0.3) is 22.0 Å². The number of fused-ring (bicyclic) bond motifs is 1. The summed E-state index contributed by atoms with van der Waals surface area (Å²) in [5.41, 5.74) is 5.00. The minimum absolute atomic E-state index is 0.134. The molecule has 0 radical (unpaired) electrons. The third-order valence-electron chi connectivity index (χ3n) is 5.09. The van der Waals surface area contributed by atoms with Crippen LogP contribution < -0.4 is 4.90 Å². The number of hydrogen-bond donors (Lipinski definition) is 1. The molecular formula is C24H18Cl2N2O2. The Balaban J connectivity index is 2.03. The molecule has 6 heteroatoms. The number of hydrogen-bond acceptors (Lipinski definition) is 3. The van der Waals surface area contributed by atoms with Gasteiger partial charge in [0.05, 0.1) is 11.2 Å². The number of aromatic nitrogens is 1. The van der Waals surface area contributed by atoms with Gasteiger partial charge in [0.2, 0.25) is 0 Å². The van der Waals surface area contributed by atoms with Crippen LogP contribution in [0.4, 0.5) is 11.4 Å². The highest BCUT2D eigenvalue weighted by Gasteiger charge is 2.21. The fourth-order valence-electron chi connectivity index (χ4n) is 3.73. The molecule has 0 aliphatic rings. The van der Waals surface area contributed by atoms with Crippen molar-refractivity contribution in [2.24, 2.45) is 0 Å². The van der Waals surface area contributed by atoms with Crippen molar-refractivity contribution in [2.45, 2.75) is 6.92 Å². The van der Waals surface area contributed by atoms with E-state index in [2.05, 4.69) is 4.98 Å². The predicted molar refractivity (Wildman–Crippen MR) is 123 cm³/mol. The fraction of sp³-hybridized carbons (Fsp3) is 0.0833. The number of aryl methyl sites for hydroxylation is 1. The zero-order valence-electron chi connectivity index (χ0n) is 16.4. The van der Waals surface area contributed by atoms with E-state index < -0.39 is 5.97 Å². The van der Waals surface area contributed by atoms with Gasteiger partial charge in [-0.1, -0.05) is 59.6 Å². The van der Waals surface area contributed by atoms with E-state index in [0.717, 1.165) is 27.8 Å². The molecule has 4 nitrogen and oxygen atoms in total. The van der Waals surface area contributed by atoms with E-state index in [1.807, 2.05) is 73.5 Å². The van der Waals surface area contributed by atoms with Crippen molar-refractivity contribution in [2.75, 3.05) is 11.9 Å². The molecule has 1 aromatic heterocycles. The first-order valence-electron chi connectivity index (χ1n) is 9.27. The van der Waals surface area contributed by atoms with Crippen molar-refractivity contribution in [3.8, 4) is 11.1 Å². The third kappa shape index (κ3) is 3.60. The molecule has 0 aliphatic carbocycles. The van der Waals surface area contributed by atoms with Gasteiger partial charge in [0.1, 0.15) is 5.56 Å². The van der Waals surface area contributed by atoms with Gasteiger partial charge in [-0.25, -0.2) is 4.79 Å². The zero-order valence-corrected chi connectivity index (χ0v) is 17.9. The molecule has 0 bridgehead atoms. The number of carbonyl (C=O) groups is 1. The monoisotopic (exact) mass is 436 g/mol. The molecule has 3 aromatic carbocycles. The number of carboxylic acid groups (broad SMARTS) is 1. The minimum Gasteiger partial charge on any atom is -0.478 e. The average molecular weight is 437 g/mol. The molecular weight excluding hydrogens is 419 g/mol. The van der Waals surface area contributed by atoms with E-state index in [4.69, 9.17) is 23.2 Å². The number of halogens is 2. The molecule has 1 heterocycles. The Bertz CT molecular complexity index is 1270. The summed E-state index contributed by atoms with van der Waals surface area (Å²) in [6.45, 7) is 2.00. The number of aromatic carboxylic acids is 1. The second kappa shape index (κ2) is 7.98. The smallest absolute Gasteiger partial charge is 0.339 e. The second-order valence-electron chi connectivity index (χ2n) is 7.03. The number of pyridine rings is 1. The van der Waals surface area contributed by atoms with Crippen LogP contribution >= 0.6 is 23.2 Å². The molecule has 0 atom stereocenters. The van der Waals surface area contributed by atoms with Crippen LogP contribution in [0.1, 0.15) is 15.9 Å². The number of anilines is 2. The van der Waals surface area contributed by atoms with Gasteiger partial charge in [-0.2, -0.15) is 0 Å². The van der Waals surface area contributed by atoms with Crippen LogP contribution in [0.15, 0.2) is 66.9 Å². The van der Waals surface area contributed by atoms with Crippen LogP contribution in [0.3, 0.4) is 0 Å². The van der Waals surface area contributed by atoms with Crippen molar-refractivity contribution in [1.29, 1.82) is 0 Å². The van der Waals surface area contributed by atoms with Crippen LogP contribution in [0.2, 0.25) is 10.0 Å². The lowest BCUT2D eigenvalue weighted by Gasteiger charge is -2.25. The maximum Gasteiger partial charge on any atom is 0.339 e. The van der Waals surface area contributed by atoms with Crippen LogP contribution in [-0.2, 0) is 0 Å². The first-order chi connectivity index (χ1) is 14.4. The van der Waals surface area contributed by atoms with Gasteiger partial charge in [0.25, 0.3) is 0 Å². The Morgan fingerprint density at radius 2 is 1.70 bits per heavy atom. The van der Waals surface area contributed by atoms with Gasteiger partial charge in [-0.15, -0.1) is 0 Å². The van der Waals surface area contributed by atoms with E-state index in [1.54, 1.807) is 6.07 Å². The van der Waals surface area contributed by atoms with E-state index >= 15 is 0 Å². The number of rotatable bonds is 4. The Labute approximate surface area is 184 Å². The van der Waals surface area contributed by atoms with E-state index in [0.29, 0.717) is 21.2 Å². The maximum absolute atomic E-state index is 12.0. The highest BCUT2D eigenvalue weighted by molar-refractivity contribution is 6.35. The Hall–Kier alpha value is -3.08. The largest absolute Gasteiger partial charge is 0.478 e. The lowest BCUT2D eigenvalue weighted by Crippen LogP contribution is -2.16. The molecule has 30 heavy (non-hydrogen) atoms. The summed E-state index contributed by atoms with van der Waals surface area (Å²) in [6.07, 6.45) is 1.41. The summed E-state index contributed by atoms with van der Waals surface area (Å²) in [5, 5.41) is 11.6. The molecule has 0 spiro atoms. The molecule has 0 unspecified atom stereocenters. The number of para-hydroxylation sites is 2. The van der Waals surface area contributed by atoms with Crippen molar-refractivity contribution in [1.82, 2.24) is 4.98 Å². The molecule has 0 saturated carbocycles. The fourth-order valence-corrected chi connectivity index (χ4v) is 4.26. The molecule has 0 saturated heterocycles. The van der Waals surface area contributed by atoms with Gasteiger partial charge in [-0.05, 0) is 42.3 Å². The van der Waals surface area contributed by atoms with E-state index in [9.17, 15) is 9.90 Å². The number of carboxylic acids is 1. The molecule has 4 rings (SSSR count). The topological polar surface area (TPSA) is 53.4 Å². The lowest BCUT2D eigenvalue weighted by molar-refractivity contribution is 0.0697. The summed E-state index contributed by atoms with van der Waals surface area (Å²) in [4.78, 5) is 18.4. The summed E-state index contributed by atoms with van der Waals surface area (Å²) in [7, 11) is 1.87. The molecule has 0 amide bonds. The van der Waals surface area contributed by atoms with Gasteiger partial charge in [0.15, 0.2) is 0 Å². The first kappa shape index (κ1) is 20.2. The van der Waals surface area contributed by atoms with Crippen molar-refractivity contribution >= 4 is 51.4 Å². The molecule has 150 valence electrons. The quantitative estimate of drug-likeness (QED) is 0.374. The lowest BCUT2D eigenvalue weighted by atomic mass is 9.99. The highest BCUT2D eigenvalue weighted by Crippen LogP contribution is 2.39. The van der Waals surface area contributed by atoms with Gasteiger partial charge in [0, 0.05) is 39.9 Å². The summed E-state index contributed by atoms with van der Waals surface area (Å²) >= 11 is 12.4. The van der Waals surface area contributed by atoms with Gasteiger partial charge in [-0.3, -0.25) is 4.98 Å². The maximum atomic E-state index is 12.0. The third-order valence-corrected chi connectivity index (χ3v) is 5.52. The highest BCUT2D eigenvalue weighted by atomic mass is 35.5. The zero-order chi connectivity index (χ0) is 21.4. The van der Waals surface area contributed by atoms with Crippen LogP contribution in [0, 0.1) is 6.92 Å². The Kier molecular flexibility index (Phi) is 5.37. The van der Waals surface area contributed by atoms with Crippen LogP contribution in [-0.4, -0.2) is 23.1 Å². The standard InChI is InChI=1S/C24H18Cl2N2O2/c1-14-6-3-4-9-21(14)28(2)23-19-8-5-7-18(15-10-16(25)12-17(26)11-15)22(19)27-13-20(23)24(29)30/h3-13H,1-2H3,(H,29,30). The normalized spacial score (nSPS) is 10.9. The molecule has 0 aliphatic heterocycles. The Morgan fingerprint density at radius 1 is 1.00 bits per heavy atom.